The monoisotopic (exact) mass is 301 g/mol. The second-order valence-corrected chi connectivity index (χ2v) is 4.90. The molecule has 2 aromatic heterocycles. The number of pyridine rings is 1. The Bertz CT molecular complexity index is 752. The Hall–Kier alpha value is -3.26. The molecule has 0 radical (unpaired) electrons. The molecule has 0 amide bonds. The van der Waals surface area contributed by atoms with Gasteiger partial charge in [0.2, 0.25) is 0 Å². The van der Waals surface area contributed by atoms with E-state index in [9.17, 15) is 0 Å². The van der Waals surface area contributed by atoms with Gasteiger partial charge in [0, 0.05) is 36.1 Å². The maximum atomic E-state index is 8.68. The van der Waals surface area contributed by atoms with Crippen LogP contribution in [0.4, 0.5) is 5.82 Å². The third kappa shape index (κ3) is 3.69. The largest absolute Gasteiger partial charge is 0.369 e. The van der Waals surface area contributed by atoms with Crippen LogP contribution in [0.5, 0.6) is 0 Å². The van der Waals surface area contributed by atoms with Crippen molar-refractivity contribution in [1.29, 1.82) is 5.26 Å². The molecule has 5 nitrogen and oxygen atoms in total. The van der Waals surface area contributed by atoms with E-state index in [1.54, 1.807) is 12.4 Å². The average Bonchev–Trinajstić information content (AvgIpc) is 2.63. The van der Waals surface area contributed by atoms with E-state index in [0.717, 1.165) is 16.8 Å². The third-order valence-electron chi connectivity index (χ3n) is 3.26. The number of nitrogens with one attached hydrogen (secondary N) is 1. The molecule has 0 bridgehead atoms. The number of hydrogen-bond donors (Lipinski definition) is 1. The predicted octanol–water partition coefficient (Wildman–Crippen LogP) is 3.53. The number of nitriles is 1. The van der Waals surface area contributed by atoms with Crippen molar-refractivity contribution in [1.82, 2.24) is 15.0 Å². The van der Waals surface area contributed by atoms with Gasteiger partial charge >= 0.3 is 0 Å². The van der Waals surface area contributed by atoms with Gasteiger partial charge in [0.1, 0.15) is 5.82 Å². The number of aromatic nitrogens is 3. The molecule has 2 heterocycles. The van der Waals surface area contributed by atoms with Gasteiger partial charge in [-0.1, -0.05) is 30.3 Å². The Morgan fingerprint density at radius 1 is 1.00 bits per heavy atom. The molecule has 0 aliphatic rings. The molecule has 0 saturated carbocycles. The van der Waals surface area contributed by atoms with Crippen molar-refractivity contribution in [3.05, 3.63) is 60.9 Å². The number of anilines is 1. The van der Waals surface area contributed by atoms with Crippen molar-refractivity contribution < 1.29 is 0 Å². The van der Waals surface area contributed by atoms with Crippen molar-refractivity contribution >= 4 is 5.82 Å². The summed E-state index contributed by atoms with van der Waals surface area (Å²) in [4.78, 5) is 13.3. The summed E-state index contributed by atoms with van der Waals surface area (Å²) >= 11 is 0. The van der Waals surface area contributed by atoms with Crippen LogP contribution in [0.2, 0.25) is 0 Å². The van der Waals surface area contributed by atoms with Gasteiger partial charge < -0.3 is 5.32 Å². The van der Waals surface area contributed by atoms with Crippen molar-refractivity contribution in [3.8, 4) is 28.7 Å². The minimum absolute atomic E-state index is 0.424. The molecule has 1 N–H and O–H groups in total. The maximum Gasteiger partial charge on any atom is 0.162 e. The molecule has 1 aromatic carbocycles. The zero-order valence-electron chi connectivity index (χ0n) is 12.5. The van der Waals surface area contributed by atoms with Gasteiger partial charge in [0.05, 0.1) is 18.2 Å². The quantitative estimate of drug-likeness (QED) is 0.730. The molecule has 0 spiro atoms. The zero-order valence-corrected chi connectivity index (χ0v) is 12.5. The fraction of sp³-hybridized carbons (Fsp3) is 0.111. The first-order chi connectivity index (χ1) is 11.4. The number of nitrogens with zero attached hydrogens (tertiary/aromatic N) is 4. The first-order valence-corrected chi connectivity index (χ1v) is 7.32. The standard InChI is InChI=1S/C18H15N5/c19-9-5-11-21-17-12-16(15-8-4-10-20-13-15)22-18(23-17)14-6-2-1-3-7-14/h1-4,6-8,10,12-13H,5,11H2,(H,21,22,23). The molecule has 0 fully saturated rings. The van der Waals surface area contributed by atoms with Crippen LogP contribution in [0.25, 0.3) is 22.6 Å². The molecule has 0 atom stereocenters. The number of benzene rings is 1. The summed E-state index contributed by atoms with van der Waals surface area (Å²) in [7, 11) is 0. The first kappa shape index (κ1) is 14.7. The molecule has 3 aromatic rings. The molecule has 0 aliphatic heterocycles. The lowest BCUT2D eigenvalue weighted by molar-refractivity contribution is 1.05. The summed E-state index contributed by atoms with van der Waals surface area (Å²) < 4.78 is 0. The number of hydrogen-bond acceptors (Lipinski definition) is 5. The lowest BCUT2D eigenvalue weighted by Gasteiger charge is -2.09. The van der Waals surface area contributed by atoms with Gasteiger partial charge in [0.25, 0.3) is 0 Å². The van der Waals surface area contributed by atoms with E-state index in [2.05, 4.69) is 26.3 Å². The lowest BCUT2D eigenvalue weighted by atomic mass is 10.1. The highest BCUT2D eigenvalue weighted by atomic mass is 15.0. The Balaban J connectivity index is 2.02. The fourth-order valence-corrected chi connectivity index (χ4v) is 2.16. The summed E-state index contributed by atoms with van der Waals surface area (Å²) in [6.45, 7) is 0.550. The summed E-state index contributed by atoms with van der Waals surface area (Å²) in [5.41, 5.74) is 2.67. The molecular formula is C18H15N5. The minimum Gasteiger partial charge on any atom is -0.369 e. The van der Waals surface area contributed by atoms with Crippen LogP contribution in [0.3, 0.4) is 0 Å². The van der Waals surface area contributed by atoms with Crippen LogP contribution >= 0.6 is 0 Å². The molecule has 23 heavy (non-hydrogen) atoms. The van der Waals surface area contributed by atoms with E-state index in [1.165, 1.54) is 0 Å². The summed E-state index contributed by atoms with van der Waals surface area (Å²) in [6, 6.07) is 17.6. The van der Waals surface area contributed by atoms with Crippen LogP contribution in [0.15, 0.2) is 60.9 Å². The second kappa shape index (κ2) is 7.14. The molecule has 0 saturated heterocycles. The van der Waals surface area contributed by atoms with Crippen molar-refractivity contribution in [2.75, 3.05) is 11.9 Å². The maximum absolute atomic E-state index is 8.68. The zero-order chi connectivity index (χ0) is 15.9. The molecule has 5 heteroatoms. The molecule has 0 unspecified atom stereocenters. The van der Waals surface area contributed by atoms with Gasteiger partial charge in [-0.2, -0.15) is 5.26 Å². The van der Waals surface area contributed by atoms with Gasteiger partial charge in [-0.05, 0) is 12.1 Å². The highest BCUT2D eigenvalue weighted by Crippen LogP contribution is 2.23. The SMILES string of the molecule is N#CCCNc1cc(-c2cccnc2)nc(-c2ccccc2)n1. The minimum atomic E-state index is 0.424. The van der Waals surface area contributed by atoms with Crippen molar-refractivity contribution in [3.63, 3.8) is 0 Å². The van der Waals surface area contributed by atoms with Gasteiger partial charge in [-0.3, -0.25) is 4.98 Å². The van der Waals surface area contributed by atoms with E-state index in [0.29, 0.717) is 24.6 Å². The topological polar surface area (TPSA) is 74.5 Å². The normalized spacial score (nSPS) is 10.0. The molecule has 112 valence electrons. The van der Waals surface area contributed by atoms with Crippen LogP contribution in [0, 0.1) is 11.3 Å². The van der Waals surface area contributed by atoms with Gasteiger partial charge in [0.15, 0.2) is 5.82 Å². The first-order valence-electron chi connectivity index (χ1n) is 7.32. The Morgan fingerprint density at radius 2 is 1.83 bits per heavy atom. The Morgan fingerprint density at radius 3 is 2.57 bits per heavy atom. The van der Waals surface area contributed by atoms with Crippen molar-refractivity contribution in [2.45, 2.75) is 6.42 Å². The van der Waals surface area contributed by atoms with Crippen LogP contribution in [0.1, 0.15) is 6.42 Å². The van der Waals surface area contributed by atoms with E-state index < -0.39 is 0 Å². The van der Waals surface area contributed by atoms with Gasteiger partial charge in [-0.15, -0.1) is 0 Å². The summed E-state index contributed by atoms with van der Waals surface area (Å²) in [5, 5.41) is 11.9. The highest BCUT2D eigenvalue weighted by Gasteiger charge is 2.08. The fourth-order valence-electron chi connectivity index (χ4n) is 2.16. The Labute approximate surface area is 134 Å². The predicted molar refractivity (Wildman–Crippen MR) is 89.4 cm³/mol. The molecule has 0 aliphatic carbocycles. The second-order valence-electron chi connectivity index (χ2n) is 4.90. The van der Waals surface area contributed by atoms with E-state index in [-0.39, 0.29) is 0 Å². The van der Waals surface area contributed by atoms with E-state index in [1.807, 2.05) is 48.5 Å². The molecule has 3 rings (SSSR count). The lowest BCUT2D eigenvalue weighted by Crippen LogP contribution is -2.05. The smallest absolute Gasteiger partial charge is 0.162 e. The van der Waals surface area contributed by atoms with Crippen LogP contribution in [-0.2, 0) is 0 Å². The highest BCUT2D eigenvalue weighted by molar-refractivity contribution is 5.66. The van der Waals surface area contributed by atoms with E-state index in [4.69, 9.17) is 5.26 Å². The van der Waals surface area contributed by atoms with Gasteiger partial charge in [-0.25, -0.2) is 9.97 Å². The third-order valence-corrected chi connectivity index (χ3v) is 3.26. The van der Waals surface area contributed by atoms with Crippen LogP contribution < -0.4 is 5.32 Å². The average molecular weight is 301 g/mol. The van der Waals surface area contributed by atoms with E-state index >= 15 is 0 Å². The summed E-state index contributed by atoms with van der Waals surface area (Å²) in [6.07, 6.45) is 3.93. The Kier molecular flexibility index (Phi) is 4.55. The van der Waals surface area contributed by atoms with Crippen molar-refractivity contribution in [2.24, 2.45) is 0 Å². The molecular weight excluding hydrogens is 286 g/mol. The summed E-state index contributed by atoms with van der Waals surface area (Å²) in [5.74, 6) is 1.35. The number of rotatable bonds is 5. The van der Waals surface area contributed by atoms with Crippen LogP contribution in [-0.4, -0.2) is 21.5 Å².